The van der Waals surface area contributed by atoms with E-state index in [0.29, 0.717) is 30.4 Å². The van der Waals surface area contributed by atoms with Crippen molar-refractivity contribution >= 4 is 40.5 Å². The normalized spacial score (nSPS) is 13.7. The molecule has 0 spiro atoms. The summed E-state index contributed by atoms with van der Waals surface area (Å²) in [4.78, 5) is 31.1. The largest absolute Gasteiger partial charge is 0.378 e. The fraction of sp³-hybridized carbons (Fsp3) is 0.350. The number of aryl methyl sites for hydroxylation is 1. The highest BCUT2D eigenvalue weighted by molar-refractivity contribution is 7.71. The number of carbonyl (C=O) groups excluding carboxylic acids is 2. The molecule has 0 bridgehead atoms. The van der Waals surface area contributed by atoms with Gasteiger partial charge in [0.05, 0.1) is 13.2 Å². The molecule has 32 heavy (non-hydrogen) atoms. The lowest BCUT2D eigenvalue weighted by molar-refractivity contribution is -0.122. The van der Waals surface area contributed by atoms with Gasteiger partial charge < -0.3 is 9.64 Å². The third-order valence-corrected chi connectivity index (χ3v) is 6.13. The van der Waals surface area contributed by atoms with Gasteiger partial charge in [-0.2, -0.15) is 5.10 Å². The highest BCUT2D eigenvalue weighted by Gasteiger charge is 2.18. The second-order valence-corrected chi connectivity index (χ2v) is 8.46. The summed E-state index contributed by atoms with van der Waals surface area (Å²) in [6.07, 6.45) is 0.114. The molecule has 2 amide bonds. The van der Waals surface area contributed by atoms with Gasteiger partial charge in [-0.25, -0.2) is 4.98 Å². The molecule has 3 heterocycles. The molecule has 1 saturated heterocycles. The summed E-state index contributed by atoms with van der Waals surface area (Å²) in [7, 11) is 0. The van der Waals surface area contributed by atoms with E-state index in [0.717, 1.165) is 29.3 Å². The Morgan fingerprint density at radius 1 is 1.28 bits per heavy atom. The van der Waals surface area contributed by atoms with Crippen LogP contribution in [0.3, 0.4) is 0 Å². The van der Waals surface area contributed by atoms with Crippen molar-refractivity contribution in [2.24, 2.45) is 0 Å². The van der Waals surface area contributed by atoms with E-state index in [1.54, 1.807) is 9.95 Å². The molecule has 1 aliphatic rings. The second-order valence-electron chi connectivity index (χ2n) is 7.24. The van der Waals surface area contributed by atoms with Crippen molar-refractivity contribution in [1.29, 1.82) is 0 Å². The summed E-state index contributed by atoms with van der Waals surface area (Å²) in [5.41, 5.74) is 7.12. The number of thiazole rings is 1. The van der Waals surface area contributed by atoms with Crippen molar-refractivity contribution in [3.63, 3.8) is 0 Å². The highest BCUT2D eigenvalue weighted by atomic mass is 32.1. The van der Waals surface area contributed by atoms with E-state index in [1.807, 2.05) is 31.2 Å². The average Bonchev–Trinajstić information content (AvgIpc) is 3.44. The third-order valence-electron chi connectivity index (χ3n) is 4.92. The number of carbonyl (C=O) groups is 2. The lowest BCUT2D eigenvalue weighted by atomic mass is 10.1. The van der Waals surface area contributed by atoms with E-state index in [1.165, 1.54) is 11.3 Å². The molecule has 168 valence electrons. The molecule has 0 radical (unpaired) electrons. The zero-order valence-electron chi connectivity index (χ0n) is 17.5. The first-order valence-electron chi connectivity index (χ1n) is 10.1. The summed E-state index contributed by atoms with van der Waals surface area (Å²) in [5, 5.41) is 9.50. The van der Waals surface area contributed by atoms with Crippen LogP contribution in [0.25, 0.3) is 11.4 Å². The molecule has 0 unspecified atom stereocenters. The Balaban J connectivity index is 1.31. The Kier molecular flexibility index (Phi) is 6.93. The lowest BCUT2D eigenvalue weighted by Gasteiger charge is -2.25. The van der Waals surface area contributed by atoms with Crippen molar-refractivity contribution in [2.45, 2.75) is 19.9 Å². The van der Waals surface area contributed by atoms with Crippen molar-refractivity contribution in [3.05, 3.63) is 45.7 Å². The van der Waals surface area contributed by atoms with Gasteiger partial charge in [0, 0.05) is 37.0 Å². The molecular formula is C20H23N7O3S2. The van der Waals surface area contributed by atoms with Crippen LogP contribution in [-0.4, -0.2) is 57.9 Å². The Labute approximate surface area is 193 Å². The first-order chi connectivity index (χ1) is 15.5. The zero-order valence-corrected chi connectivity index (χ0v) is 19.1. The molecule has 1 aliphatic heterocycles. The van der Waals surface area contributed by atoms with Crippen LogP contribution < -0.4 is 15.8 Å². The monoisotopic (exact) mass is 473 g/mol. The number of hydrogen-bond acceptors (Lipinski definition) is 8. The van der Waals surface area contributed by atoms with E-state index in [-0.39, 0.29) is 18.0 Å². The smallest absolute Gasteiger partial charge is 0.289 e. The van der Waals surface area contributed by atoms with Gasteiger partial charge in [-0.3, -0.25) is 30.1 Å². The van der Waals surface area contributed by atoms with Gasteiger partial charge >= 0.3 is 0 Å². The van der Waals surface area contributed by atoms with Crippen LogP contribution in [0.15, 0.2) is 29.6 Å². The number of nitrogens with one attached hydrogen (secondary N) is 3. The number of anilines is 1. The van der Waals surface area contributed by atoms with E-state index in [9.17, 15) is 9.59 Å². The van der Waals surface area contributed by atoms with Gasteiger partial charge in [-0.15, -0.1) is 11.3 Å². The van der Waals surface area contributed by atoms with E-state index < -0.39 is 5.91 Å². The number of aromatic nitrogens is 4. The summed E-state index contributed by atoms with van der Waals surface area (Å²) in [6, 6.07) is 7.88. The van der Waals surface area contributed by atoms with Crippen LogP contribution in [0.4, 0.5) is 5.13 Å². The predicted molar refractivity (Wildman–Crippen MR) is 123 cm³/mol. The standard InChI is InChI=1S/C20H23N7O3S2/c1-13-3-2-4-14(11-13)17-23-25-19(31)27(17)6-5-16(28)22-24-18(29)15-12-32-20(21-15)26-7-9-30-10-8-26/h2-4,11-12H,5-10H2,1H3,(H,22,28)(H,24,29)(H,25,31). The quantitative estimate of drug-likeness (QED) is 0.371. The number of amides is 2. The number of morpholine rings is 1. The summed E-state index contributed by atoms with van der Waals surface area (Å²) in [6.45, 7) is 5.08. The molecule has 12 heteroatoms. The molecule has 1 aromatic carbocycles. The maximum Gasteiger partial charge on any atom is 0.289 e. The van der Waals surface area contributed by atoms with Crippen LogP contribution in [-0.2, 0) is 16.1 Å². The molecule has 2 aromatic heterocycles. The third kappa shape index (κ3) is 5.21. The summed E-state index contributed by atoms with van der Waals surface area (Å²) < 4.78 is 7.52. The first-order valence-corrected chi connectivity index (χ1v) is 11.4. The number of rotatable bonds is 6. The predicted octanol–water partition coefficient (Wildman–Crippen LogP) is 2.06. The van der Waals surface area contributed by atoms with Gasteiger partial charge in [-0.1, -0.05) is 23.8 Å². The molecule has 0 atom stereocenters. The van der Waals surface area contributed by atoms with Gasteiger partial charge in [0.2, 0.25) is 5.91 Å². The lowest BCUT2D eigenvalue weighted by Crippen LogP contribution is -2.42. The minimum atomic E-state index is -0.463. The minimum absolute atomic E-state index is 0.114. The number of nitrogens with zero attached hydrogens (tertiary/aromatic N) is 4. The van der Waals surface area contributed by atoms with Crippen LogP contribution in [0.1, 0.15) is 22.5 Å². The Morgan fingerprint density at radius 2 is 2.09 bits per heavy atom. The zero-order chi connectivity index (χ0) is 22.5. The molecule has 1 fully saturated rings. The molecule has 3 aromatic rings. The van der Waals surface area contributed by atoms with E-state index in [2.05, 4.69) is 30.9 Å². The van der Waals surface area contributed by atoms with E-state index >= 15 is 0 Å². The van der Waals surface area contributed by atoms with E-state index in [4.69, 9.17) is 17.0 Å². The van der Waals surface area contributed by atoms with Crippen LogP contribution in [0.5, 0.6) is 0 Å². The topological polar surface area (TPSA) is 117 Å². The maximum atomic E-state index is 12.3. The molecule has 4 rings (SSSR count). The van der Waals surface area contributed by atoms with Gasteiger partial charge in [0.25, 0.3) is 5.91 Å². The molecule has 0 aliphatic carbocycles. The number of benzene rings is 1. The molecule has 3 N–H and O–H groups in total. The number of aromatic amines is 1. The highest BCUT2D eigenvalue weighted by Crippen LogP contribution is 2.21. The Hall–Kier alpha value is -3.09. The number of ether oxygens (including phenoxy) is 1. The molecule has 0 saturated carbocycles. The van der Waals surface area contributed by atoms with Gasteiger partial charge in [-0.05, 0) is 25.2 Å². The Bertz CT molecular complexity index is 1160. The van der Waals surface area contributed by atoms with Crippen molar-refractivity contribution in [1.82, 2.24) is 30.6 Å². The number of hydrogen-bond donors (Lipinski definition) is 3. The number of H-pyrrole nitrogens is 1. The van der Waals surface area contributed by atoms with Crippen molar-refractivity contribution in [3.8, 4) is 11.4 Å². The maximum absolute atomic E-state index is 12.3. The van der Waals surface area contributed by atoms with Gasteiger partial charge in [0.15, 0.2) is 15.7 Å². The SMILES string of the molecule is Cc1cccc(-c2n[nH]c(=S)n2CCC(=O)NNC(=O)c2csc(N3CCOCC3)n2)c1. The second kappa shape index (κ2) is 10.0. The first kappa shape index (κ1) is 22.1. The molecule has 10 nitrogen and oxygen atoms in total. The summed E-state index contributed by atoms with van der Waals surface area (Å²) >= 11 is 6.70. The van der Waals surface area contributed by atoms with Crippen LogP contribution in [0.2, 0.25) is 0 Å². The minimum Gasteiger partial charge on any atom is -0.378 e. The van der Waals surface area contributed by atoms with Crippen LogP contribution >= 0.6 is 23.6 Å². The summed E-state index contributed by atoms with van der Waals surface area (Å²) in [5.74, 6) is -0.150. The fourth-order valence-electron chi connectivity index (χ4n) is 3.26. The van der Waals surface area contributed by atoms with Crippen molar-refractivity contribution in [2.75, 3.05) is 31.2 Å². The van der Waals surface area contributed by atoms with Crippen LogP contribution in [0, 0.1) is 11.7 Å². The van der Waals surface area contributed by atoms with Gasteiger partial charge in [0.1, 0.15) is 5.69 Å². The number of hydrazine groups is 1. The Morgan fingerprint density at radius 3 is 2.88 bits per heavy atom. The van der Waals surface area contributed by atoms with Crippen molar-refractivity contribution < 1.29 is 14.3 Å². The average molecular weight is 474 g/mol. The molecular weight excluding hydrogens is 450 g/mol. The fourth-order valence-corrected chi connectivity index (χ4v) is 4.35.